The van der Waals surface area contributed by atoms with Crippen molar-refractivity contribution in [3.8, 4) is 5.75 Å². The van der Waals surface area contributed by atoms with Crippen LogP contribution in [0.2, 0.25) is 5.02 Å². The molecule has 0 unspecified atom stereocenters. The molecule has 2 heterocycles. The summed E-state index contributed by atoms with van der Waals surface area (Å²) in [5.74, 6) is -1.25. The number of carbonyl (C=O) groups excluding carboxylic acids is 3. The first kappa shape index (κ1) is 22.4. The van der Waals surface area contributed by atoms with Gasteiger partial charge in [0.25, 0.3) is 11.8 Å². The summed E-state index contributed by atoms with van der Waals surface area (Å²) in [5, 5.41) is 1.06. The monoisotopic (exact) mass is 489 g/mol. The van der Waals surface area contributed by atoms with E-state index in [0.717, 1.165) is 4.90 Å². The van der Waals surface area contributed by atoms with Gasteiger partial charge in [0.1, 0.15) is 17.9 Å². The van der Waals surface area contributed by atoms with Crippen LogP contribution in [0.4, 0.5) is 5.69 Å². The average Bonchev–Trinajstić information content (AvgIpc) is 3.11. The van der Waals surface area contributed by atoms with Gasteiger partial charge >= 0.3 is 11.6 Å². The number of halogens is 1. The predicted octanol–water partition coefficient (Wildman–Crippen LogP) is 4.61. The van der Waals surface area contributed by atoms with Gasteiger partial charge in [-0.1, -0.05) is 11.6 Å². The minimum absolute atomic E-state index is 0.0943. The maximum absolute atomic E-state index is 12.9. The van der Waals surface area contributed by atoms with E-state index in [9.17, 15) is 19.2 Å². The molecule has 2 amide bonds. The minimum Gasteiger partial charge on any atom is -0.497 e. The van der Waals surface area contributed by atoms with Crippen molar-refractivity contribution >= 4 is 46.0 Å². The second-order valence-electron chi connectivity index (χ2n) is 7.71. The molecular weight excluding hydrogens is 474 g/mol. The highest BCUT2D eigenvalue weighted by Crippen LogP contribution is 2.30. The minimum atomic E-state index is -0.715. The molecule has 0 radical (unpaired) electrons. The fourth-order valence-electron chi connectivity index (χ4n) is 3.88. The summed E-state index contributed by atoms with van der Waals surface area (Å²) in [4.78, 5) is 51.5. The third kappa shape index (κ3) is 4.04. The number of hydrogen-bond acceptors (Lipinski definition) is 7. The third-order valence-electron chi connectivity index (χ3n) is 5.60. The molecule has 0 saturated carbocycles. The van der Waals surface area contributed by atoms with E-state index in [4.69, 9.17) is 25.5 Å². The highest BCUT2D eigenvalue weighted by molar-refractivity contribution is 6.35. The SMILES string of the molecule is COc1ccc2c(COC(=O)c3ccc4c(c3)C(=O)N(c3ccc(Cl)cc3)C4=O)cc(=O)oc2c1. The van der Waals surface area contributed by atoms with Gasteiger partial charge in [-0.2, -0.15) is 0 Å². The molecule has 1 aromatic heterocycles. The summed E-state index contributed by atoms with van der Waals surface area (Å²) in [6.07, 6.45) is 0. The highest BCUT2D eigenvalue weighted by Gasteiger charge is 2.37. The third-order valence-corrected chi connectivity index (χ3v) is 5.86. The average molecular weight is 490 g/mol. The maximum Gasteiger partial charge on any atom is 0.338 e. The number of rotatable bonds is 5. The van der Waals surface area contributed by atoms with Crippen LogP contribution >= 0.6 is 11.6 Å². The lowest BCUT2D eigenvalue weighted by molar-refractivity contribution is 0.0473. The normalized spacial score (nSPS) is 12.7. The van der Waals surface area contributed by atoms with Gasteiger partial charge < -0.3 is 13.9 Å². The number of ether oxygens (including phenoxy) is 2. The Kier molecular flexibility index (Phi) is 5.58. The first-order valence-electron chi connectivity index (χ1n) is 10.4. The van der Waals surface area contributed by atoms with Gasteiger partial charge in [0, 0.05) is 28.1 Å². The number of carbonyl (C=O) groups is 3. The Hall–Kier alpha value is -4.43. The molecule has 4 aromatic rings. The molecule has 9 heteroatoms. The van der Waals surface area contributed by atoms with Crippen LogP contribution in [0.3, 0.4) is 0 Å². The Bertz CT molecular complexity index is 1570. The molecule has 0 atom stereocenters. The Morgan fingerprint density at radius 3 is 2.40 bits per heavy atom. The van der Waals surface area contributed by atoms with Crippen molar-refractivity contribution < 1.29 is 28.3 Å². The van der Waals surface area contributed by atoms with E-state index in [-0.39, 0.29) is 23.3 Å². The van der Waals surface area contributed by atoms with Crippen molar-refractivity contribution in [2.75, 3.05) is 12.0 Å². The van der Waals surface area contributed by atoms with Gasteiger partial charge in [-0.05, 0) is 54.6 Å². The van der Waals surface area contributed by atoms with E-state index < -0.39 is 23.4 Å². The van der Waals surface area contributed by atoms with Gasteiger partial charge in [0.15, 0.2) is 0 Å². The number of hydrogen-bond donors (Lipinski definition) is 0. The van der Waals surface area contributed by atoms with Crippen LogP contribution in [0.1, 0.15) is 36.6 Å². The van der Waals surface area contributed by atoms with Gasteiger partial charge in [-0.3, -0.25) is 9.59 Å². The maximum atomic E-state index is 12.9. The molecule has 0 N–H and O–H groups in total. The molecule has 8 nitrogen and oxygen atoms in total. The highest BCUT2D eigenvalue weighted by atomic mass is 35.5. The first-order valence-corrected chi connectivity index (χ1v) is 10.8. The van der Waals surface area contributed by atoms with E-state index in [2.05, 4.69) is 0 Å². The summed E-state index contributed by atoms with van der Waals surface area (Å²) >= 11 is 5.90. The molecule has 0 bridgehead atoms. The Morgan fingerprint density at radius 1 is 0.914 bits per heavy atom. The second-order valence-corrected chi connectivity index (χ2v) is 8.15. The number of benzene rings is 3. The lowest BCUT2D eigenvalue weighted by Crippen LogP contribution is -2.29. The number of imide groups is 1. The van der Waals surface area contributed by atoms with Crippen LogP contribution in [-0.2, 0) is 11.3 Å². The fourth-order valence-corrected chi connectivity index (χ4v) is 4.00. The molecule has 0 saturated heterocycles. The molecule has 0 spiro atoms. The van der Waals surface area contributed by atoms with Crippen LogP contribution in [0.5, 0.6) is 5.75 Å². The molecular formula is C26H16ClNO7. The Morgan fingerprint density at radius 2 is 1.66 bits per heavy atom. The smallest absolute Gasteiger partial charge is 0.338 e. The Balaban J connectivity index is 1.38. The summed E-state index contributed by atoms with van der Waals surface area (Å²) in [7, 11) is 1.49. The summed E-state index contributed by atoms with van der Waals surface area (Å²) < 4.78 is 15.8. The number of methoxy groups -OCH3 is 1. The van der Waals surface area contributed by atoms with Gasteiger partial charge in [-0.15, -0.1) is 0 Å². The number of nitrogens with zero attached hydrogens (tertiary/aromatic N) is 1. The van der Waals surface area contributed by atoms with Crippen molar-refractivity contribution in [2.24, 2.45) is 0 Å². The van der Waals surface area contributed by atoms with Gasteiger partial charge in [0.2, 0.25) is 0 Å². The van der Waals surface area contributed by atoms with E-state index in [1.165, 1.54) is 31.4 Å². The zero-order chi connectivity index (χ0) is 24.7. The molecule has 3 aromatic carbocycles. The predicted molar refractivity (Wildman–Crippen MR) is 127 cm³/mol. The van der Waals surface area contributed by atoms with E-state index in [1.807, 2.05) is 0 Å². The fraction of sp³-hybridized carbons (Fsp3) is 0.0769. The number of amides is 2. The van der Waals surface area contributed by atoms with Crippen molar-refractivity contribution in [1.29, 1.82) is 0 Å². The molecule has 35 heavy (non-hydrogen) atoms. The number of esters is 1. The van der Waals surface area contributed by atoms with Crippen LogP contribution in [0.25, 0.3) is 11.0 Å². The molecule has 174 valence electrons. The van der Waals surface area contributed by atoms with Crippen LogP contribution in [0, 0.1) is 0 Å². The molecule has 0 fully saturated rings. The summed E-state index contributed by atoms with van der Waals surface area (Å²) in [5.41, 5.74) is 0.897. The van der Waals surface area contributed by atoms with Crippen molar-refractivity contribution in [1.82, 2.24) is 0 Å². The topological polar surface area (TPSA) is 103 Å². The van der Waals surface area contributed by atoms with Crippen molar-refractivity contribution in [2.45, 2.75) is 6.61 Å². The molecule has 0 aliphatic carbocycles. The van der Waals surface area contributed by atoms with E-state index >= 15 is 0 Å². The Labute approximate surface area is 203 Å². The molecule has 1 aliphatic rings. The zero-order valence-corrected chi connectivity index (χ0v) is 19.0. The zero-order valence-electron chi connectivity index (χ0n) is 18.2. The largest absolute Gasteiger partial charge is 0.497 e. The number of fused-ring (bicyclic) bond motifs is 2. The standard InChI is InChI=1S/C26H16ClNO7/c1-33-18-7-9-19-15(11-23(29)35-22(19)12-18)13-34-26(32)14-2-8-20-21(10-14)25(31)28(24(20)30)17-5-3-16(27)4-6-17/h2-12H,13H2,1H3. The summed E-state index contributed by atoms with van der Waals surface area (Å²) in [6, 6.07) is 16.7. The van der Waals surface area contributed by atoms with Crippen LogP contribution < -0.4 is 15.3 Å². The van der Waals surface area contributed by atoms with Crippen LogP contribution in [0.15, 0.2) is 75.9 Å². The lowest BCUT2D eigenvalue weighted by Gasteiger charge is -2.13. The van der Waals surface area contributed by atoms with Crippen LogP contribution in [-0.4, -0.2) is 24.9 Å². The summed E-state index contributed by atoms with van der Waals surface area (Å²) in [6.45, 7) is -0.200. The first-order chi connectivity index (χ1) is 16.9. The van der Waals surface area contributed by atoms with E-state index in [1.54, 1.807) is 42.5 Å². The van der Waals surface area contributed by atoms with Gasteiger partial charge in [-0.25, -0.2) is 14.5 Å². The number of anilines is 1. The molecule has 5 rings (SSSR count). The lowest BCUT2D eigenvalue weighted by atomic mass is 10.1. The van der Waals surface area contributed by atoms with Crippen molar-refractivity contribution in [3.05, 3.63) is 104 Å². The second kappa shape index (κ2) is 8.73. The van der Waals surface area contributed by atoms with Gasteiger partial charge in [0.05, 0.1) is 29.5 Å². The van der Waals surface area contributed by atoms with Crippen molar-refractivity contribution in [3.63, 3.8) is 0 Å². The molecule has 1 aliphatic heterocycles. The quantitative estimate of drug-likeness (QED) is 0.229. The van der Waals surface area contributed by atoms with E-state index in [0.29, 0.717) is 33.0 Å².